The van der Waals surface area contributed by atoms with Crippen LogP contribution >= 0.6 is 15.9 Å². The second-order valence-electron chi connectivity index (χ2n) is 5.94. The fourth-order valence-corrected chi connectivity index (χ4v) is 3.15. The number of carboxylic acid groups (broad SMARTS) is 1. The van der Waals surface area contributed by atoms with Gasteiger partial charge in [0, 0.05) is 10.0 Å². The SMILES string of the molecule is Cc1c(Br)cccc1C(=O)NC1(C(=O)O)CCC(C)CC1. The molecular formula is C16H20BrNO3. The molecule has 5 heteroatoms. The topological polar surface area (TPSA) is 66.4 Å². The number of nitrogens with one attached hydrogen (secondary N) is 1. The Bertz CT molecular complexity index is 563. The molecule has 0 bridgehead atoms. The van der Waals surface area contributed by atoms with Crippen molar-refractivity contribution in [2.45, 2.75) is 45.1 Å². The zero-order chi connectivity index (χ0) is 15.6. The fourth-order valence-electron chi connectivity index (χ4n) is 2.79. The maximum atomic E-state index is 12.5. The van der Waals surface area contributed by atoms with Gasteiger partial charge in [0.05, 0.1) is 0 Å². The summed E-state index contributed by atoms with van der Waals surface area (Å²) in [5.41, 5.74) is 0.210. The molecule has 0 aliphatic heterocycles. The minimum absolute atomic E-state index is 0.314. The molecule has 0 atom stereocenters. The van der Waals surface area contributed by atoms with Crippen molar-refractivity contribution in [3.8, 4) is 0 Å². The van der Waals surface area contributed by atoms with Gasteiger partial charge in [0.25, 0.3) is 5.91 Å². The van der Waals surface area contributed by atoms with Gasteiger partial charge < -0.3 is 10.4 Å². The summed E-state index contributed by atoms with van der Waals surface area (Å²) in [6, 6.07) is 5.36. The van der Waals surface area contributed by atoms with Crippen molar-refractivity contribution in [3.05, 3.63) is 33.8 Å². The largest absolute Gasteiger partial charge is 0.480 e. The number of rotatable bonds is 3. The van der Waals surface area contributed by atoms with E-state index < -0.39 is 11.5 Å². The Kier molecular flexibility index (Phi) is 4.71. The van der Waals surface area contributed by atoms with E-state index in [0.29, 0.717) is 24.3 Å². The Morgan fingerprint density at radius 1 is 1.33 bits per heavy atom. The van der Waals surface area contributed by atoms with Crippen molar-refractivity contribution in [3.63, 3.8) is 0 Å². The minimum atomic E-state index is -1.13. The maximum Gasteiger partial charge on any atom is 0.329 e. The van der Waals surface area contributed by atoms with Gasteiger partial charge in [-0.1, -0.05) is 28.9 Å². The quantitative estimate of drug-likeness (QED) is 0.873. The normalized spacial score (nSPS) is 25.4. The zero-order valence-electron chi connectivity index (χ0n) is 12.3. The third-order valence-corrected chi connectivity index (χ3v) is 5.26. The summed E-state index contributed by atoms with van der Waals surface area (Å²) in [6.07, 6.45) is 2.62. The Balaban J connectivity index is 2.23. The molecule has 21 heavy (non-hydrogen) atoms. The maximum absolute atomic E-state index is 12.5. The van der Waals surface area contributed by atoms with Gasteiger partial charge in [-0.05, 0) is 56.2 Å². The van der Waals surface area contributed by atoms with Crippen LogP contribution in [0.5, 0.6) is 0 Å². The molecule has 1 aromatic rings. The van der Waals surface area contributed by atoms with Crippen LogP contribution in [0.4, 0.5) is 0 Å². The highest BCUT2D eigenvalue weighted by Gasteiger charge is 2.42. The first-order chi connectivity index (χ1) is 9.85. The zero-order valence-corrected chi connectivity index (χ0v) is 13.9. The molecule has 1 fully saturated rings. The molecule has 1 saturated carbocycles. The Morgan fingerprint density at radius 2 is 1.95 bits per heavy atom. The number of aliphatic carboxylic acids is 1. The molecule has 0 heterocycles. The average Bonchev–Trinajstić information content (AvgIpc) is 2.44. The van der Waals surface area contributed by atoms with Gasteiger partial charge in [0.1, 0.15) is 5.54 Å². The molecule has 0 radical (unpaired) electrons. The molecule has 1 aliphatic carbocycles. The number of carbonyl (C=O) groups is 2. The van der Waals surface area contributed by atoms with Crippen LogP contribution in [0.1, 0.15) is 48.5 Å². The van der Waals surface area contributed by atoms with E-state index in [9.17, 15) is 14.7 Å². The van der Waals surface area contributed by atoms with E-state index in [1.807, 2.05) is 13.0 Å². The highest BCUT2D eigenvalue weighted by atomic mass is 79.9. The van der Waals surface area contributed by atoms with Gasteiger partial charge in [-0.3, -0.25) is 4.79 Å². The first kappa shape index (κ1) is 16.0. The number of hydrogen-bond acceptors (Lipinski definition) is 2. The van der Waals surface area contributed by atoms with Crippen molar-refractivity contribution < 1.29 is 14.7 Å². The van der Waals surface area contributed by atoms with Gasteiger partial charge in [-0.25, -0.2) is 4.79 Å². The van der Waals surface area contributed by atoms with Crippen LogP contribution in [0.2, 0.25) is 0 Å². The van der Waals surface area contributed by atoms with Gasteiger partial charge in [0.15, 0.2) is 0 Å². The second kappa shape index (κ2) is 6.18. The summed E-state index contributed by atoms with van der Waals surface area (Å²) >= 11 is 3.39. The third kappa shape index (κ3) is 3.28. The van der Waals surface area contributed by atoms with Crippen LogP contribution in [0.15, 0.2) is 22.7 Å². The number of hydrogen-bond donors (Lipinski definition) is 2. The standard InChI is InChI=1S/C16H20BrNO3/c1-10-6-8-16(9-7-10,15(20)21)18-14(19)12-4-3-5-13(17)11(12)2/h3-5,10H,6-9H2,1-2H3,(H,18,19)(H,20,21). The van der Waals surface area contributed by atoms with Crippen LogP contribution in [-0.4, -0.2) is 22.5 Å². The van der Waals surface area contributed by atoms with Gasteiger partial charge in [-0.2, -0.15) is 0 Å². The summed E-state index contributed by atoms with van der Waals surface area (Å²) in [4.78, 5) is 24.2. The molecule has 0 saturated heterocycles. The first-order valence-corrected chi connectivity index (χ1v) is 7.96. The fraction of sp³-hybridized carbons (Fsp3) is 0.500. The van der Waals surface area contributed by atoms with E-state index in [4.69, 9.17) is 0 Å². The summed E-state index contributed by atoms with van der Waals surface area (Å²) < 4.78 is 0.844. The molecule has 1 aromatic carbocycles. The molecule has 0 unspecified atom stereocenters. The number of benzene rings is 1. The molecule has 1 aliphatic rings. The predicted molar refractivity (Wildman–Crippen MR) is 84.3 cm³/mol. The first-order valence-electron chi connectivity index (χ1n) is 7.17. The molecule has 114 valence electrons. The average molecular weight is 354 g/mol. The van der Waals surface area contributed by atoms with E-state index in [1.165, 1.54) is 0 Å². The Hall–Kier alpha value is -1.36. The smallest absolute Gasteiger partial charge is 0.329 e. The van der Waals surface area contributed by atoms with Crippen LogP contribution in [-0.2, 0) is 4.79 Å². The summed E-state index contributed by atoms with van der Waals surface area (Å²) in [5.74, 6) is -0.733. The van der Waals surface area contributed by atoms with Gasteiger partial charge in [-0.15, -0.1) is 0 Å². The highest BCUT2D eigenvalue weighted by molar-refractivity contribution is 9.10. The summed E-state index contributed by atoms with van der Waals surface area (Å²) in [6.45, 7) is 3.96. The molecule has 1 amide bonds. The lowest BCUT2D eigenvalue weighted by Crippen LogP contribution is -2.56. The summed E-state index contributed by atoms with van der Waals surface area (Å²) in [7, 11) is 0. The van der Waals surface area contributed by atoms with Crippen LogP contribution < -0.4 is 5.32 Å². The monoisotopic (exact) mass is 353 g/mol. The lowest BCUT2D eigenvalue weighted by atomic mass is 9.77. The molecule has 0 spiro atoms. The van der Waals surface area contributed by atoms with Gasteiger partial charge >= 0.3 is 5.97 Å². The molecule has 4 nitrogen and oxygen atoms in total. The lowest BCUT2D eigenvalue weighted by molar-refractivity contribution is -0.146. The van der Waals surface area contributed by atoms with E-state index >= 15 is 0 Å². The van der Waals surface area contributed by atoms with Crippen molar-refractivity contribution >= 4 is 27.8 Å². The highest BCUT2D eigenvalue weighted by Crippen LogP contribution is 2.32. The van der Waals surface area contributed by atoms with Crippen molar-refractivity contribution in [2.75, 3.05) is 0 Å². The summed E-state index contributed by atoms with van der Waals surface area (Å²) in [5, 5.41) is 12.3. The minimum Gasteiger partial charge on any atom is -0.480 e. The van der Waals surface area contributed by atoms with Crippen molar-refractivity contribution in [1.82, 2.24) is 5.32 Å². The van der Waals surface area contributed by atoms with Crippen LogP contribution in [0.3, 0.4) is 0 Å². The van der Waals surface area contributed by atoms with E-state index in [2.05, 4.69) is 28.2 Å². The molecular weight excluding hydrogens is 334 g/mol. The van der Waals surface area contributed by atoms with Crippen LogP contribution in [0, 0.1) is 12.8 Å². The second-order valence-corrected chi connectivity index (χ2v) is 6.79. The third-order valence-electron chi connectivity index (χ3n) is 4.40. The van der Waals surface area contributed by atoms with E-state index in [0.717, 1.165) is 22.9 Å². The predicted octanol–water partition coefficient (Wildman–Crippen LogP) is 3.52. The number of halogens is 1. The van der Waals surface area contributed by atoms with E-state index in [-0.39, 0.29) is 5.91 Å². The van der Waals surface area contributed by atoms with E-state index in [1.54, 1.807) is 12.1 Å². The molecule has 2 N–H and O–H groups in total. The van der Waals surface area contributed by atoms with Crippen molar-refractivity contribution in [2.24, 2.45) is 5.92 Å². The van der Waals surface area contributed by atoms with Gasteiger partial charge in [0.2, 0.25) is 0 Å². The number of carbonyl (C=O) groups excluding carboxylic acids is 1. The van der Waals surface area contributed by atoms with Crippen LogP contribution in [0.25, 0.3) is 0 Å². The van der Waals surface area contributed by atoms with Crippen molar-refractivity contribution in [1.29, 1.82) is 0 Å². The number of carboxylic acids is 1. The Labute approximate surface area is 133 Å². The lowest BCUT2D eigenvalue weighted by Gasteiger charge is -2.36. The number of amides is 1. The molecule has 2 rings (SSSR count). The Morgan fingerprint density at radius 3 is 2.52 bits per heavy atom. The molecule has 0 aromatic heterocycles.